The molecule has 0 bridgehead atoms. The molecule has 7 heteroatoms. The van der Waals surface area contributed by atoms with E-state index in [4.69, 9.17) is 19.6 Å². The summed E-state index contributed by atoms with van der Waals surface area (Å²) in [5.41, 5.74) is 2.71. The zero-order valence-electron chi connectivity index (χ0n) is 16.5. The first-order valence-electron chi connectivity index (χ1n) is 10.2. The molecule has 0 atom stereocenters. The first-order chi connectivity index (χ1) is 14.8. The zero-order valence-corrected chi connectivity index (χ0v) is 17.3. The Balaban J connectivity index is 1.54. The number of hydrogen-bond acceptors (Lipinski definition) is 5. The van der Waals surface area contributed by atoms with Crippen LogP contribution >= 0.6 is 11.3 Å². The lowest BCUT2D eigenvalue weighted by Gasteiger charge is -2.16. The highest BCUT2D eigenvalue weighted by Gasteiger charge is 2.15. The molecule has 154 valence electrons. The number of fused-ring (bicyclic) bond motifs is 1. The normalized spacial score (nSPS) is 17.2. The van der Waals surface area contributed by atoms with Crippen molar-refractivity contribution >= 4 is 17.6 Å². The van der Waals surface area contributed by atoms with Crippen LogP contribution in [0.3, 0.4) is 0 Å². The highest BCUT2D eigenvalue weighted by Crippen LogP contribution is 2.32. The Labute approximate surface area is 178 Å². The summed E-state index contributed by atoms with van der Waals surface area (Å²) in [6.45, 7) is 0.244. The van der Waals surface area contributed by atoms with Crippen molar-refractivity contribution in [2.24, 2.45) is 10.1 Å². The first-order valence-corrected chi connectivity index (χ1v) is 11.1. The van der Waals surface area contributed by atoms with E-state index in [1.54, 1.807) is 29.7 Å². The SMILES string of the molecule is Fc1ccc(-c2csc(=NC3CCCCC3)n2N=Cc2ccc3c(c2)OCO3)cc1. The summed E-state index contributed by atoms with van der Waals surface area (Å²) in [5.74, 6) is 1.21. The molecule has 2 aliphatic rings. The molecule has 1 aliphatic heterocycles. The number of ether oxygens (including phenoxy) is 2. The highest BCUT2D eigenvalue weighted by atomic mass is 32.1. The molecule has 3 aromatic rings. The van der Waals surface area contributed by atoms with E-state index in [2.05, 4.69) is 0 Å². The molecule has 0 saturated heterocycles. The largest absolute Gasteiger partial charge is 0.454 e. The van der Waals surface area contributed by atoms with Gasteiger partial charge in [-0.2, -0.15) is 5.10 Å². The van der Waals surface area contributed by atoms with E-state index >= 15 is 0 Å². The summed E-state index contributed by atoms with van der Waals surface area (Å²) in [6.07, 6.45) is 7.78. The summed E-state index contributed by atoms with van der Waals surface area (Å²) in [7, 11) is 0. The van der Waals surface area contributed by atoms with Crippen LogP contribution in [0.1, 0.15) is 37.7 Å². The summed E-state index contributed by atoms with van der Waals surface area (Å²) < 4.78 is 26.1. The minimum Gasteiger partial charge on any atom is -0.454 e. The van der Waals surface area contributed by atoms with Gasteiger partial charge in [-0.3, -0.25) is 4.99 Å². The molecule has 1 fully saturated rings. The number of hydrogen-bond donors (Lipinski definition) is 0. The number of halogens is 1. The molecule has 30 heavy (non-hydrogen) atoms. The van der Waals surface area contributed by atoms with Gasteiger partial charge >= 0.3 is 0 Å². The molecular weight excluding hydrogens is 401 g/mol. The van der Waals surface area contributed by atoms with Crippen LogP contribution in [0.2, 0.25) is 0 Å². The van der Waals surface area contributed by atoms with Gasteiger partial charge < -0.3 is 9.47 Å². The van der Waals surface area contributed by atoms with E-state index in [9.17, 15) is 4.39 Å². The van der Waals surface area contributed by atoms with Crippen LogP contribution < -0.4 is 14.3 Å². The molecule has 5 nitrogen and oxygen atoms in total. The summed E-state index contributed by atoms with van der Waals surface area (Å²) in [6, 6.07) is 12.6. The topological polar surface area (TPSA) is 48.1 Å². The quantitative estimate of drug-likeness (QED) is 0.542. The Morgan fingerprint density at radius 3 is 2.63 bits per heavy atom. The van der Waals surface area contributed by atoms with Crippen molar-refractivity contribution < 1.29 is 13.9 Å². The molecule has 0 radical (unpaired) electrons. The second-order valence-corrected chi connectivity index (χ2v) is 8.34. The number of nitrogens with zero attached hydrogens (tertiary/aromatic N) is 3. The van der Waals surface area contributed by atoms with Crippen molar-refractivity contribution in [2.75, 3.05) is 6.79 Å². The van der Waals surface area contributed by atoms with Gasteiger partial charge in [-0.25, -0.2) is 9.07 Å². The molecule has 1 saturated carbocycles. The Morgan fingerprint density at radius 2 is 1.80 bits per heavy atom. The number of benzene rings is 2. The molecule has 0 spiro atoms. The maximum absolute atomic E-state index is 13.4. The first kappa shape index (κ1) is 19.1. The average molecular weight is 424 g/mol. The van der Waals surface area contributed by atoms with Gasteiger partial charge in [0.1, 0.15) is 5.82 Å². The zero-order chi connectivity index (χ0) is 20.3. The van der Waals surface area contributed by atoms with Crippen LogP contribution in [0, 0.1) is 5.82 Å². The second-order valence-electron chi connectivity index (χ2n) is 7.50. The van der Waals surface area contributed by atoms with Gasteiger partial charge in [-0.05, 0) is 60.9 Å². The molecule has 1 aromatic heterocycles. The standard InChI is InChI=1S/C23H22FN3O2S/c24-18-9-7-17(8-10-18)20-14-30-23(26-19-4-2-1-3-5-19)27(20)25-13-16-6-11-21-22(12-16)29-15-28-21/h6-14,19H,1-5,15H2. The molecule has 2 heterocycles. The summed E-state index contributed by atoms with van der Waals surface area (Å²) >= 11 is 1.57. The van der Waals surface area contributed by atoms with E-state index in [0.29, 0.717) is 6.04 Å². The van der Waals surface area contributed by atoms with Gasteiger partial charge in [0.05, 0.1) is 18.0 Å². The van der Waals surface area contributed by atoms with Crippen LogP contribution in [0.25, 0.3) is 11.3 Å². The number of aromatic nitrogens is 1. The van der Waals surface area contributed by atoms with Gasteiger partial charge in [0.25, 0.3) is 0 Å². The fourth-order valence-electron chi connectivity index (χ4n) is 3.80. The lowest BCUT2D eigenvalue weighted by molar-refractivity contribution is 0.174. The maximum Gasteiger partial charge on any atom is 0.231 e. The predicted octanol–water partition coefficient (Wildman–Crippen LogP) is 5.20. The van der Waals surface area contributed by atoms with Crippen LogP contribution in [0.15, 0.2) is 57.9 Å². The lowest BCUT2D eigenvalue weighted by Crippen LogP contribution is -2.19. The van der Waals surface area contributed by atoms with Gasteiger partial charge in [-0.1, -0.05) is 19.3 Å². The third-order valence-corrected chi connectivity index (χ3v) is 6.24. The average Bonchev–Trinajstić information content (AvgIpc) is 3.40. The molecule has 0 unspecified atom stereocenters. The van der Waals surface area contributed by atoms with Crippen molar-refractivity contribution in [1.29, 1.82) is 0 Å². The minimum atomic E-state index is -0.253. The summed E-state index contributed by atoms with van der Waals surface area (Å²) in [4.78, 5) is 5.86. The van der Waals surface area contributed by atoms with E-state index < -0.39 is 0 Å². The third-order valence-electron chi connectivity index (χ3n) is 5.41. The molecule has 1 aliphatic carbocycles. The van der Waals surface area contributed by atoms with Crippen LogP contribution in [0.5, 0.6) is 11.5 Å². The lowest BCUT2D eigenvalue weighted by atomic mass is 9.96. The van der Waals surface area contributed by atoms with E-state index in [0.717, 1.165) is 46.0 Å². The van der Waals surface area contributed by atoms with Crippen molar-refractivity contribution in [3.63, 3.8) is 0 Å². The fourth-order valence-corrected chi connectivity index (χ4v) is 4.71. The number of thiazole rings is 1. The predicted molar refractivity (Wildman–Crippen MR) is 116 cm³/mol. The fraction of sp³-hybridized carbons (Fsp3) is 0.304. The van der Waals surface area contributed by atoms with Gasteiger partial charge in [0.15, 0.2) is 11.5 Å². The third kappa shape index (κ3) is 4.03. The van der Waals surface area contributed by atoms with E-state index in [-0.39, 0.29) is 12.6 Å². The molecular formula is C23H22FN3O2S. The summed E-state index contributed by atoms with van der Waals surface area (Å²) in [5, 5.41) is 6.78. The maximum atomic E-state index is 13.4. The van der Waals surface area contributed by atoms with Crippen LogP contribution in [-0.4, -0.2) is 23.7 Å². The Morgan fingerprint density at radius 1 is 1.00 bits per heavy atom. The Kier molecular flexibility index (Phi) is 5.36. The van der Waals surface area contributed by atoms with Gasteiger partial charge in [-0.15, -0.1) is 11.3 Å². The van der Waals surface area contributed by atoms with Crippen molar-refractivity contribution in [3.8, 4) is 22.8 Å². The Bertz CT molecular complexity index is 1130. The van der Waals surface area contributed by atoms with E-state index in [1.807, 2.05) is 28.3 Å². The monoisotopic (exact) mass is 423 g/mol. The van der Waals surface area contributed by atoms with Crippen LogP contribution in [-0.2, 0) is 0 Å². The molecule has 5 rings (SSSR count). The minimum absolute atomic E-state index is 0.244. The molecule has 2 aromatic carbocycles. The highest BCUT2D eigenvalue weighted by molar-refractivity contribution is 7.07. The Hall–Kier alpha value is -2.93. The van der Waals surface area contributed by atoms with Crippen molar-refractivity contribution in [1.82, 2.24) is 4.68 Å². The van der Waals surface area contributed by atoms with Gasteiger partial charge in [0.2, 0.25) is 11.6 Å². The van der Waals surface area contributed by atoms with Crippen LogP contribution in [0.4, 0.5) is 4.39 Å². The van der Waals surface area contributed by atoms with Gasteiger partial charge in [0, 0.05) is 10.9 Å². The second kappa shape index (κ2) is 8.44. The molecule has 0 N–H and O–H groups in total. The molecule has 0 amide bonds. The number of rotatable bonds is 4. The van der Waals surface area contributed by atoms with Crippen molar-refractivity contribution in [2.45, 2.75) is 38.1 Å². The van der Waals surface area contributed by atoms with Crippen molar-refractivity contribution in [3.05, 3.63) is 64.0 Å². The smallest absolute Gasteiger partial charge is 0.231 e. The van der Waals surface area contributed by atoms with E-state index in [1.165, 1.54) is 31.4 Å².